The van der Waals surface area contributed by atoms with Gasteiger partial charge in [-0.05, 0) is 18.2 Å². The van der Waals surface area contributed by atoms with Gasteiger partial charge in [0.1, 0.15) is 11.5 Å². The van der Waals surface area contributed by atoms with Crippen molar-refractivity contribution in [2.24, 2.45) is 0 Å². The quantitative estimate of drug-likeness (QED) is 0.765. The summed E-state index contributed by atoms with van der Waals surface area (Å²) in [6.45, 7) is 1.05. The maximum absolute atomic E-state index is 10.9. The number of nitrogens with one attached hydrogen (secondary N) is 2. The molecule has 0 aliphatic carbocycles. The van der Waals surface area contributed by atoms with Crippen LogP contribution in [0.15, 0.2) is 28.4 Å². The molecule has 0 saturated heterocycles. The second kappa shape index (κ2) is 5.70. The number of hydrogen-bond acceptors (Lipinski definition) is 5. The summed E-state index contributed by atoms with van der Waals surface area (Å²) in [7, 11) is 1.58. The number of ether oxygens (including phenoxy) is 1. The van der Waals surface area contributed by atoms with E-state index >= 15 is 0 Å². The highest BCUT2D eigenvalue weighted by molar-refractivity contribution is 7.07. The van der Waals surface area contributed by atoms with Crippen LogP contribution in [0.1, 0.15) is 11.3 Å². The largest absolute Gasteiger partial charge is 0.508 e. The number of aromatic amines is 1. The van der Waals surface area contributed by atoms with E-state index < -0.39 is 0 Å². The highest BCUT2D eigenvalue weighted by Crippen LogP contribution is 2.22. The van der Waals surface area contributed by atoms with Crippen molar-refractivity contribution in [1.82, 2.24) is 10.3 Å². The summed E-state index contributed by atoms with van der Waals surface area (Å²) in [5.41, 5.74) is 1.60. The van der Waals surface area contributed by atoms with Crippen molar-refractivity contribution >= 4 is 11.3 Å². The molecule has 96 valence electrons. The van der Waals surface area contributed by atoms with Crippen molar-refractivity contribution in [1.29, 1.82) is 0 Å². The third-order valence-electron chi connectivity index (χ3n) is 2.49. The van der Waals surface area contributed by atoms with Crippen molar-refractivity contribution in [3.05, 3.63) is 44.5 Å². The van der Waals surface area contributed by atoms with Gasteiger partial charge in [0.05, 0.1) is 7.11 Å². The average molecular weight is 266 g/mol. The van der Waals surface area contributed by atoms with E-state index in [0.29, 0.717) is 18.8 Å². The first-order valence-corrected chi connectivity index (χ1v) is 6.30. The van der Waals surface area contributed by atoms with E-state index in [0.717, 1.165) is 22.6 Å². The molecule has 0 aliphatic rings. The monoisotopic (exact) mass is 266 g/mol. The van der Waals surface area contributed by atoms with Crippen LogP contribution in [0.2, 0.25) is 0 Å². The van der Waals surface area contributed by atoms with E-state index in [9.17, 15) is 9.90 Å². The molecule has 6 heteroatoms. The predicted octanol–water partition coefficient (Wildman–Crippen LogP) is 1.44. The van der Waals surface area contributed by atoms with Crippen molar-refractivity contribution in [2.45, 2.75) is 13.1 Å². The summed E-state index contributed by atoms with van der Waals surface area (Å²) >= 11 is 1.14. The van der Waals surface area contributed by atoms with Crippen LogP contribution in [0.4, 0.5) is 0 Å². The molecular weight excluding hydrogens is 252 g/mol. The van der Waals surface area contributed by atoms with Crippen molar-refractivity contribution < 1.29 is 9.84 Å². The SMILES string of the molecule is COc1ccc(O)c(CNCc2csc(=O)[nH]2)c1. The van der Waals surface area contributed by atoms with E-state index in [2.05, 4.69) is 10.3 Å². The molecule has 0 atom stereocenters. The molecule has 0 fully saturated rings. The smallest absolute Gasteiger partial charge is 0.304 e. The highest BCUT2D eigenvalue weighted by atomic mass is 32.1. The van der Waals surface area contributed by atoms with Crippen LogP contribution in [0.3, 0.4) is 0 Å². The number of rotatable bonds is 5. The van der Waals surface area contributed by atoms with Gasteiger partial charge in [0.25, 0.3) is 0 Å². The highest BCUT2D eigenvalue weighted by Gasteiger charge is 2.03. The first-order chi connectivity index (χ1) is 8.69. The number of aromatic nitrogens is 1. The van der Waals surface area contributed by atoms with E-state index in [1.807, 2.05) is 0 Å². The lowest BCUT2D eigenvalue weighted by Gasteiger charge is -2.08. The van der Waals surface area contributed by atoms with E-state index in [-0.39, 0.29) is 10.6 Å². The molecule has 2 rings (SSSR count). The number of methoxy groups -OCH3 is 1. The molecule has 0 radical (unpaired) electrons. The third kappa shape index (κ3) is 3.12. The summed E-state index contributed by atoms with van der Waals surface area (Å²) in [5.74, 6) is 0.927. The van der Waals surface area contributed by atoms with Crippen LogP contribution in [-0.4, -0.2) is 17.2 Å². The van der Waals surface area contributed by atoms with Crippen LogP contribution < -0.4 is 14.9 Å². The summed E-state index contributed by atoms with van der Waals surface area (Å²) in [5, 5.41) is 14.6. The number of phenols is 1. The zero-order chi connectivity index (χ0) is 13.0. The van der Waals surface area contributed by atoms with Gasteiger partial charge < -0.3 is 20.1 Å². The molecule has 0 unspecified atom stereocenters. The van der Waals surface area contributed by atoms with Crippen LogP contribution in [0, 0.1) is 0 Å². The standard InChI is InChI=1S/C12H14N2O3S/c1-17-10-2-3-11(15)8(4-10)5-13-6-9-7-18-12(16)14-9/h2-4,7,13,15H,5-6H2,1H3,(H,14,16). The third-order valence-corrected chi connectivity index (χ3v) is 3.21. The lowest BCUT2D eigenvalue weighted by molar-refractivity contribution is 0.410. The van der Waals surface area contributed by atoms with Gasteiger partial charge in [0.2, 0.25) is 0 Å². The van der Waals surface area contributed by atoms with Crippen LogP contribution in [0.25, 0.3) is 0 Å². The van der Waals surface area contributed by atoms with E-state index in [1.165, 1.54) is 0 Å². The molecule has 0 aliphatic heterocycles. The number of phenolic OH excluding ortho intramolecular Hbond substituents is 1. The Bertz CT molecular complexity index is 577. The number of hydrogen-bond donors (Lipinski definition) is 3. The first kappa shape index (κ1) is 12.7. The normalized spacial score (nSPS) is 10.5. The average Bonchev–Trinajstić information content (AvgIpc) is 2.77. The molecule has 0 saturated carbocycles. The summed E-state index contributed by atoms with van der Waals surface area (Å²) in [6.07, 6.45) is 0. The van der Waals surface area contributed by atoms with Gasteiger partial charge in [-0.25, -0.2) is 0 Å². The van der Waals surface area contributed by atoms with Crippen molar-refractivity contribution in [3.8, 4) is 11.5 Å². The van der Waals surface area contributed by atoms with Gasteiger partial charge in [0.15, 0.2) is 0 Å². The Morgan fingerprint density at radius 3 is 2.94 bits per heavy atom. The Morgan fingerprint density at radius 1 is 1.44 bits per heavy atom. The zero-order valence-electron chi connectivity index (χ0n) is 9.90. The molecule has 1 aromatic heterocycles. The lowest BCUT2D eigenvalue weighted by Crippen LogP contribution is -2.14. The first-order valence-electron chi connectivity index (χ1n) is 5.42. The van der Waals surface area contributed by atoms with Gasteiger partial charge >= 0.3 is 4.87 Å². The predicted molar refractivity (Wildman–Crippen MR) is 70.1 cm³/mol. The molecule has 3 N–H and O–H groups in total. The van der Waals surface area contributed by atoms with Crippen LogP contribution >= 0.6 is 11.3 Å². The van der Waals surface area contributed by atoms with E-state index in [4.69, 9.17) is 4.74 Å². The van der Waals surface area contributed by atoms with Crippen LogP contribution in [0.5, 0.6) is 11.5 Å². The second-order valence-electron chi connectivity index (χ2n) is 3.77. The topological polar surface area (TPSA) is 74.3 Å². The molecular formula is C12H14N2O3S. The minimum atomic E-state index is -0.0592. The summed E-state index contributed by atoms with van der Waals surface area (Å²) in [4.78, 5) is 13.6. The fourth-order valence-corrected chi connectivity index (χ4v) is 2.14. The lowest BCUT2D eigenvalue weighted by atomic mass is 10.2. The second-order valence-corrected chi connectivity index (χ2v) is 4.61. The van der Waals surface area contributed by atoms with Crippen molar-refractivity contribution in [3.63, 3.8) is 0 Å². The van der Waals surface area contributed by atoms with Gasteiger partial charge in [-0.15, -0.1) is 0 Å². The minimum Gasteiger partial charge on any atom is -0.508 e. The fourth-order valence-electron chi connectivity index (χ4n) is 1.56. The molecule has 5 nitrogen and oxygen atoms in total. The van der Waals surface area contributed by atoms with Gasteiger partial charge in [-0.1, -0.05) is 11.3 Å². The summed E-state index contributed by atoms with van der Waals surface area (Å²) < 4.78 is 5.09. The number of benzene rings is 1. The summed E-state index contributed by atoms with van der Waals surface area (Å²) in [6, 6.07) is 5.08. The molecule has 0 bridgehead atoms. The molecule has 18 heavy (non-hydrogen) atoms. The number of H-pyrrole nitrogens is 1. The molecule has 0 spiro atoms. The fraction of sp³-hybridized carbons (Fsp3) is 0.250. The molecule has 1 heterocycles. The van der Waals surface area contributed by atoms with Crippen molar-refractivity contribution in [2.75, 3.05) is 7.11 Å². The van der Waals surface area contributed by atoms with Gasteiger partial charge in [0, 0.05) is 29.7 Å². The maximum Gasteiger partial charge on any atom is 0.304 e. The Labute approximate surface area is 108 Å². The Morgan fingerprint density at radius 2 is 2.28 bits per heavy atom. The van der Waals surface area contributed by atoms with Gasteiger partial charge in [-0.3, -0.25) is 4.79 Å². The maximum atomic E-state index is 10.9. The van der Waals surface area contributed by atoms with E-state index in [1.54, 1.807) is 30.7 Å². The van der Waals surface area contributed by atoms with Crippen LogP contribution in [-0.2, 0) is 13.1 Å². The minimum absolute atomic E-state index is 0.0592. The molecule has 2 aromatic rings. The number of thiazole rings is 1. The molecule has 0 amide bonds. The molecule has 1 aromatic carbocycles. The van der Waals surface area contributed by atoms with Gasteiger partial charge in [-0.2, -0.15) is 0 Å². The zero-order valence-corrected chi connectivity index (χ0v) is 10.7. The Kier molecular flexibility index (Phi) is 4.01. The number of aromatic hydroxyl groups is 1. The Hall–Kier alpha value is -1.79. The Balaban J connectivity index is 1.95.